The van der Waals surface area contributed by atoms with E-state index in [0.717, 1.165) is 41.8 Å². The van der Waals surface area contributed by atoms with Gasteiger partial charge in [-0.2, -0.15) is 4.31 Å². The number of carbonyl (C=O) groups excluding carboxylic acids is 1. The number of hydrogen-bond acceptors (Lipinski definition) is 4. The molecule has 1 aliphatic rings. The van der Waals surface area contributed by atoms with E-state index in [9.17, 15) is 13.2 Å². The Morgan fingerprint density at radius 3 is 2.38 bits per heavy atom. The van der Waals surface area contributed by atoms with Gasteiger partial charge in [0.05, 0.1) is 4.90 Å². The van der Waals surface area contributed by atoms with E-state index in [1.165, 1.54) is 0 Å². The van der Waals surface area contributed by atoms with Crippen molar-refractivity contribution in [2.45, 2.75) is 48.3 Å². The first-order valence-electron chi connectivity index (χ1n) is 10.0. The van der Waals surface area contributed by atoms with Crippen LogP contribution in [0.1, 0.15) is 37.7 Å². The van der Waals surface area contributed by atoms with Crippen LogP contribution in [0.3, 0.4) is 0 Å². The molecule has 0 spiro atoms. The second-order valence-electron chi connectivity index (χ2n) is 7.24. The highest BCUT2D eigenvalue weighted by Gasteiger charge is 2.24. The summed E-state index contributed by atoms with van der Waals surface area (Å²) < 4.78 is 27.3. The Balaban J connectivity index is 1.56. The lowest BCUT2D eigenvalue weighted by Gasteiger charge is -2.20. The SMILES string of the molecule is CSc1cccc(NC(=O)CCc2ccc(S(=O)(=O)N3CCCCCC3)cc2)c1. The maximum absolute atomic E-state index is 12.8. The molecule has 0 saturated carbocycles. The van der Waals surface area contributed by atoms with Crippen molar-refractivity contribution in [2.24, 2.45) is 0 Å². The van der Waals surface area contributed by atoms with E-state index in [2.05, 4.69) is 5.32 Å². The van der Waals surface area contributed by atoms with Crippen LogP contribution in [0, 0.1) is 0 Å². The van der Waals surface area contributed by atoms with Crippen molar-refractivity contribution in [1.29, 1.82) is 0 Å². The van der Waals surface area contributed by atoms with Crippen LogP contribution in [0.25, 0.3) is 0 Å². The van der Waals surface area contributed by atoms with Gasteiger partial charge in [-0.25, -0.2) is 8.42 Å². The number of hydrogen-bond donors (Lipinski definition) is 1. The summed E-state index contributed by atoms with van der Waals surface area (Å²) in [4.78, 5) is 13.7. The van der Waals surface area contributed by atoms with Crippen molar-refractivity contribution >= 4 is 33.4 Å². The molecule has 5 nitrogen and oxygen atoms in total. The first-order valence-corrected chi connectivity index (χ1v) is 12.7. The number of rotatable bonds is 7. The zero-order chi connectivity index (χ0) is 20.7. The monoisotopic (exact) mass is 432 g/mol. The Bertz CT molecular complexity index is 919. The highest BCUT2D eigenvalue weighted by atomic mass is 32.2. The fourth-order valence-corrected chi connectivity index (χ4v) is 5.42. The van der Waals surface area contributed by atoms with Gasteiger partial charge >= 0.3 is 0 Å². The summed E-state index contributed by atoms with van der Waals surface area (Å²) in [5.41, 5.74) is 1.74. The fraction of sp³-hybridized carbons (Fsp3) is 0.409. The third-order valence-corrected chi connectivity index (χ3v) is 7.76. The van der Waals surface area contributed by atoms with E-state index in [-0.39, 0.29) is 5.91 Å². The number of nitrogens with zero attached hydrogens (tertiary/aromatic N) is 1. The highest BCUT2D eigenvalue weighted by molar-refractivity contribution is 7.98. The Labute approximate surface area is 177 Å². The van der Waals surface area contributed by atoms with Gasteiger partial charge in [0, 0.05) is 30.1 Å². The molecule has 2 aromatic carbocycles. The number of nitrogens with one attached hydrogen (secondary N) is 1. The summed E-state index contributed by atoms with van der Waals surface area (Å²) in [6.45, 7) is 1.20. The normalized spacial score (nSPS) is 15.6. The Hall–Kier alpha value is -1.83. The van der Waals surface area contributed by atoms with E-state index in [0.29, 0.717) is 30.8 Å². The molecule has 1 saturated heterocycles. The number of sulfonamides is 1. The lowest BCUT2D eigenvalue weighted by Crippen LogP contribution is -2.31. The van der Waals surface area contributed by atoms with Gasteiger partial charge in [-0.1, -0.05) is 31.0 Å². The molecule has 0 atom stereocenters. The second kappa shape index (κ2) is 10.3. The van der Waals surface area contributed by atoms with Crippen molar-refractivity contribution in [3.63, 3.8) is 0 Å². The van der Waals surface area contributed by atoms with Gasteiger partial charge in [-0.05, 0) is 61.4 Å². The Morgan fingerprint density at radius 2 is 1.72 bits per heavy atom. The fourth-order valence-electron chi connectivity index (χ4n) is 3.44. The van der Waals surface area contributed by atoms with E-state index < -0.39 is 10.0 Å². The van der Waals surface area contributed by atoms with Gasteiger partial charge in [0.1, 0.15) is 0 Å². The number of amides is 1. The van der Waals surface area contributed by atoms with Crippen molar-refractivity contribution in [2.75, 3.05) is 24.7 Å². The number of aryl methyl sites for hydroxylation is 1. The summed E-state index contributed by atoms with van der Waals surface area (Å²) in [7, 11) is -3.43. The van der Waals surface area contributed by atoms with E-state index in [1.807, 2.05) is 42.7 Å². The largest absolute Gasteiger partial charge is 0.326 e. The highest BCUT2D eigenvalue weighted by Crippen LogP contribution is 2.22. The molecule has 1 fully saturated rings. The minimum atomic E-state index is -3.43. The average molecular weight is 433 g/mol. The smallest absolute Gasteiger partial charge is 0.243 e. The van der Waals surface area contributed by atoms with Gasteiger partial charge in [-0.15, -0.1) is 11.8 Å². The maximum atomic E-state index is 12.8. The Kier molecular flexibility index (Phi) is 7.75. The summed E-state index contributed by atoms with van der Waals surface area (Å²) in [6, 6.07) is 14.7. The molecule has 156 valence electrons. The first-order chi connectivity index (χ1) is 14.0. The van der Waals surface area contributed by atoms with Crippen molar-refractivity contribution in [3.05, 3.63) is 54.1 Å². The number of thioether (sulfide) groups is 1. The van der Waals surface area contributed by atoms with Crippen LogP contribution in [-0.4, -0.2) is 38.0 Å². The molecule has 0 unspecified atom stereocenters. The van der Waals surface area contributed by atoms with E-state index >= 15 is 0 Å². The van der Waals surface area contributed by atoms with Crippen molar-refractivity contribution < 1.29 is 13.2 Å². The minimum absolute atomic E-state index is 0.0514. The second-order valence-corrected chi connectivity index (χ2v) is 10.1. The number of benzene rings is 2. The van der Waals surface area contributed by atoms with Crippen molar-refractivity contribution in [3.8, 4) is 0 Å². The molecule has 0 aliphatic carbocycles. The van der Waals surface area contributed by atoms with Crippen LogP contribution < -0.4 is 5.32 Å². The summed E-state index contributed by atoms with van der Waals surface area (Å²) in [5.74, 6) is -0.0514. The average Bonchev–Trinajstić information content (AvgIpc) is 3.03. The Morgan fingerprint density at radius 1 is 1.03 bits per heavy atom. The number of anilines is 1. The van der Waals surface area contributed by atoms with Gasteiger partial charge in [0.25, 0.3) is 0 Å². The topological polar surface area (TPSA) is 66.5 Å². The summed E-state index contributed by atoms with van der Waals surface area (Å²) in [6.07, 6.45) is 6.94. The third kappa shape index (κ3) is 6.07. The molecular formula is C22H28N2O3S2. The van der Waals surface area contributed by atoms with Crippen LogP contribution >= 0.6 is 11.8 Å². The van der Waals surface area contributed by atoms with E-state index in [1.54, 1.807) is 28.2 Å². The maximum Gasteiger partial charge on any atom is 0.243 e. The van der Waals surface area contributed by atoms with Crippen LogP contribution in [0.4, 0.5) is 5.69 Å². The molecule has 3 rings (SSSR count). The molecule has 0 radical (unpaired) electrons. The molecule has 7 heteroatoms. The predicted molar refractivity (Wildman–Crippen MR) is 119 cm³/mol. The number of carbonyl (C=O) groups is 1. The first kappa shape index (κ1) is 21.9. The van der Waals surface area contributed by atoms with E-state index in [4.69, 9.17) is 0 Å². The molecule has 1 aliphatic heterocycles. The van der Waals surface area contributed by atoms with Crippen LogP contribution in [0.15, 0.2) is 58.3 Å². The lowest BCUT2D eigenvalue weighted by atomic mass is 10.1. The van der Waals surface area contributed by atoms with Gasteiger partial charge in [-0.3, -0.25) is 4.79 Å². The van der Waals surface area contributed by atoms with Gasteiger partial charge in [0.15, 0.2) is 0 Å². The molecule has 2 aromatic rings. The standard InChI is InChI=1S/C22H28N2O3S2/c1-28-20-8-6-7-19(17-20)23-22(25)14-11-18-9-12-21(13-10-18)29(26,27)24-15-4-2-3-5-16-24/h6-10,12-13,17H,2-5,11,14-16H2,1H3,(H,23,25). The zero-order valence-corrected chi connectivity index (χ0v) is 18.4. The van der Waals surface area contributed by atoms with Crippen LogP contribution in [0.2, 0.25) is 0 Å². The third-order valence-electron chi connectivity index (χ3n) is 5.12. The zero-order valence-electron chi connectivity index (χ0n) is 16.8. The summed E-state index contributed by atoms with van der Waals surface area (Å²) >= 11 is 1.63. The molecule has 0 bridgehead atoms. The quantitative estimate of drug-likeness (QED) is 0.652. The molecular weight excluding hydrogens is 404 g/mol. The van der Waals surface area contributed by atoms with Crippen molar-refractivity contribution in [1.82, 2.24) is 4.31 Å². The van der Waals surface area contributed by atoms with Gasteiger partial charge in [0.2, 0.25) is 15.9 Å². The van der Waals surface area contributed by atoms with Gasteiger partial charge < -0.3 is 5.32 Å². The lowest BCUT2D eigenvalue weighted by molar-refractivity contribution is -0.116. The van der Waals surface area contributed by atoms with Crippen LogP contribution in [0.5, 0.6) is 0 Å². The molecule has 1 heterocycles. The molecule has 1 amide bonds. The molecule has 0 aromatic heterocycles. The predicted octanol–water partition coefficient (Wildman–Crippen LogP) is 4.54. The summed E-state index contributed by atoms with van der Waals surface area (Å²) in [5, 5.41) is 2.92. The molecule has 29 heavy (non-hydrogen) atoms. The van der Waals surface area contributed by atoms with Crippen LogP contribution in [-0.2, 0) is 21.2 Å². The molecule has 1 N–H and O–H groups in total. The minimum Gasteiger partial charge on any atom is -0.326 e.